The first-order chi connectivity index (χ1) is 8.24. The van der Waals surface area contributed by atoms with Crippen LogP contribution in [0.2, 0.25) is 0 Å². The zero-order valence-corrected chi connectivity index (χ0v) is 12.3. The van der Waals surface area contributed by atoms with Gasteiger partial charge < -0.3 is 5.32 Å². The number of amides is 1. The molecule has 2 rings (SSSR count). The van der Waals surface area contributed by atoms with Crippen molar-refractivity contribution >= 4 is 44.5 Å². The fraction of sp³-hybridized carbons (Fsp3) is 0.250. The van der Waals surface area contributed by atoms with Crippen LogP contribution < -0.4 is 5.32 Å². The van der Waals surface area contributed by atoms with Crippen LogP contribution in [0, 0.1) is 0 Å². The molecule has 0 radical (unpaired) electrons. The molecule has 1 N–H and O–H groups in total. The van der Waals surface area contributed by atoms with Gasteiger partial charge in [-0.05, 0) is 56.9 Å². The molecule has 0 unspecified atom stereocenters. The normalized spacial score (nSPS) is 10.4. The van der Waals surface area contributed by atoms with Crippen molar-refractivity contribution in [3.05, 3.63) is 43.2 Å². The molecule has 1 amide bonds. The second-order valence-electron chi connectivity index (χ2n) is 3.61. The third-order valence-electron chi connectivity index (χ3n) is 2.31. The molecule has 0 aliphatic carbocycles. The lowest BCUT2D eigenvalue weighted by molar-refractivity contribution is -0.121. The maximum absolute atomic E-state index is 11.6. The van der Waals surface area contributed by atoms with Gasteiger partial charge >= 0.3 is 0 Å². The van der Waals surface area contributed by atoms with Crippen molar-refractivity contribution in [2.75, 3.05) is 0 Å². The zero-order chi connectivity index (χ0) is 12.1. The molecule has 2 nitrogen and oxygen atoms in total. The summed E-state index contributed by atoms with van der Waals surface area (Å²) in [5, 5.41) is 7.05. The van der Waals surface area contributed by atoms with Crippen LogP contribution in [0.1, 0.15) is 16.9 Å². The SMILES string of the molecule is O=C(CCc1ccsc1)NCc1ccc(Br)s1. The van der Waals surface area contributed by atoms with Crippen molar-refractivity contribution in [2.45, 2.75) is 19.4 Å². The quantitative estimate of drug-likeness (QED) is 0.887. The van der Waals surface area contributed by atoms with E-state index in [0.717, 1.165) is 10.2 Å². The number of hydrogen-bond donors (Lipinski definition) is 1. The highest BCUT2D eigenvalue weighted by molar-refractivity contribution is 9.11. The van der Waals surface area contributed by atoms with Crippen LogP contribution in [0.5, 0.6) is 0 Å². The Morgan fingerprint density at radius 2 is 2.24 bits per heavy atom. The van der Waals surface area contributed by atoms with Gasteiger partial charge in [0.2, 0.25) is 5.91 Å². The van der Waals surface area contributed by atoms with Crippen LogP contribution in [0.4, 0.5) is 0 Å². The summed E-state index contributed by atoms with van der Waals surface area (Å²) in [6.45, 7) is 0.624. The van der Waals surface area contributed by atoms with Crippen molar-refractivity contribution in [1.29, 1.82) is 0 Å². The molecule has 0 bridgehead atoms. The minimum absolute atomic E-state index is 0.112. The number of nitrogens with one attached hydrogen (secondary N) is 1. The van der Waals surface area contributed by atoms with Crippen molar-refractivity contribution in [2.24, 2.45) is 0 Å². The second-order valence-corrected chi connectivity index (χ2v) is 6.94. The van der Waals surface area contributed by atoms with E-state index in [-0.39, 0.29) is 5.91 Å². The number of aryl methyl sites for hydroxylation is 1. The van der Waals surface area contributed by atoms with Crippen LogP contribution in [-0.4, -0.2) is 5.91 Å². The Hall–Kier alpha value is -0.650. The molecule has 0 fully saturated rings. The Morgan fingerprint density at radius 3 is 2.88 bits per heavy atom. The summed E-state index contributed by atoms with van der Waals surface area (Å²) in [5.74, 6) is 0.112. The lowest BCUT2D eigenvalue weighted by atomic mass is 10.2. The van der Waals surface area contributed by atoms with Gasteiger partial charge in [-0.2, -0.15) is 11.3 Å². The Balaban J connectivity index is 1.71. The number of thiophene rings is 2. The van der Waals surface area contributed by atoms with E-state index in [2.05, 4.69) is 32.7 Å². The number of rotatable bonds is 5. The van der Waals surface area contributed by atoms with Crippen LogP contribution in [0.3, 0.4) is 0 Å². The molecule has 2 heterocycles. The van der Waals surface area contributed by atoms with Gasteiger partial charge in [0.15, 0.2) is 0 Å². The van der Waals surface area contributed by atoms with E-state index in [1.165, 1.54) is 10.4 Å². The fourth-order valence-corrected chi connectivity index (χ4v) is 3.54. The van der Waals surface area contributed by atoms with E-state index in [4.69, 9.17) is 0 Å². The second kappa shape index (κ2) is 6.33. The van der Waals surface area contributed by atoms with Crippen LogP contribution in [0.15, 0.2) is 32.7 Å². The maximum Gasteiger partial charge on any atom is 0.220 e. The fourth-order valence-electron chi connectivity index (χ4n) is 1.41. The largest absolute Gasteiger partial charge is 0.351 e. The summed E-state index contributed by atoms with van der Waals surface area (Å²) in [6.07, 6.45) is 1.38. The maximum atomic E-state index is 11.6. The molecule has 2 aromatic heterocycles. The lowest BCUT2D eigenvalue weighted by Crippen LogP contribution is -2.22. The molecular weight excluding hydrogens is 318 g/mol. The Morgan fingerprint density at radius 1 is 1.35 bits per heavy atom. The molecule has 0 saturated carbocycles. The van der Waals surface area contributed by atoms with Crippen molar-refractivity contribution in [3.63, 3.8) is 0 Å². The number of hydrogen-bond acceptors (Lipinski definition) is 3. The van der Waals surface area contributed by atoms with Gasteiger partial charge in [0.05, 0.1) is 10.3 Å². The van der Waals surface area contributed by atoms with E-state index in [0.29, 0.717) is 13.0 Å². The molecule has 2 aromatic rings. The highest BCUT2D eigenvalue weighted by Crippen LogP contribution is 2.21. The van der Waals surface area contributed by atoms with Gasteiger partial charge in [0.1, 0.15) is 0 Å². The molecular formula is C12H12BrNOS2. The number of carbonyl (C=O) groups excluding carboxylic acids is 1. The van der Waals surface area contributed by atoms with Gasteiger partial charge in [-0.25, -0.2) is 0 Å². The molecule has 0 spiro atoms. The minimum Gasteiger partial charge on any atom is -0.351 e. The zero-order valence-electron chi connectivity index (χ0n) is 9.11. The van der Waals surface area contributed by atoms with Gasteiger partial charge in [0, 0.05) is 11.3 Å². The summed E-state index contributed by atoms with van der Waals surface area (Å²) < 4.78 is 1.10. The van der Waals surface area contributed by atoms with E-state index in [1.54, 1.807) is 22.7 Å². The first-order valence-electron chi connectivity index (χ1n) is 5.26. The Bertz CT molecular complexity index is 478. The lowest BCUT2D eigenvalue weighted by Gasteiger charge is -2.02. The summed E-state index contributed by atoms with van der Waals surface area (Å²) in [5.41, 5.74) is 1.24. The third kappa shape index (κ3) is 4.26. The highest BCUT2D eigenvalue weighted by atomic mass is 79.9. The molecule has 17 heavy (non-hydrogen) atoms. The predicted octanol–water partition coefficient (Wildman–Crippen LogP) is 3.82. The van der Waals surface area contributed by atoms with Gasteiger partial charge in [-0.1, -0.05) is 0 Å². The van der Waals surface area contributed by atoms with Crippen molar-refractivity contribution < 1.29 is 4.79 Å². The first kappa shape index (κ1) is 12.8. The molecule has 0 saturated heterocycles. The van der Waals surface area contributed by atoms with Crippen molar-refractivity contribution in [1.82, 2.24) is 5.32 Å². The van der Waals surface area contributed by atoms with Crippen LogP contribution in [-0.2, 0) is 17.8 Å². The summed E-state index contributed by atoms with van der Waals surface area (Å²) >= 11 is 6.72. The van der Waals surface area contributed by atoms with Gasteiger partial charge in [0.25, 0.3) is 0 Å². The molecule has 0 aliphatic heterocycles. The molecule has 90 valence electrons. The molecule has 0 aliphatic rings. The highest BCUT2D eigenvalue weighted by Gasteiger charge is 2.03. The van der Waals surface area contributed by atoms with Crippen molar-refractivity contribution in [3.8, 4) is 0 Å². The molecule has 5 heteroatoms. The van der Waals surface area contributed by atoms with Crippen LogP contribution in [0.25, 0.3) is 0 Å². The standard InChI is InChI=1S/C12H12BrNOS2/c13-11-3-2-10(17-11)7-14-12(15)4-1-9-5-6-16-8-9/h2-3,5-6,8H,1,4,7H2,(H,14,15). The monoisotopic (exact) mass is 329 g/mol. The molecule has 0 aromatic carbocycles. The smallest absolute Gasteiger partial charge is 0.220 e. The Labute approximate surface area is 117 Å². The third-order valence-corrected chi connectivity index (χ3v) is 4.67. The average Bonchev–Trinajstić information content (AvgIpc) is 2.95. The summed E-state index contributed by atoms with van der Waals surface area (Å²) in [4.78, 5) is 12.8. The first-order valence-corrected chi connectivity index (χ1v) is 7.81. The minimum atomic E-state index is 0.112. The topological polar surface area (TPSA) is 29.1 Å². The Kier molecular flexibility index (Phi) is 4.76. The number of carbonyl (C=O) groups is 1. The average molecular weight is 330 g/mol. The molecule has 0 atom stereocenters. The predicted molar refractivity (Wildman–Crippen MR) is 76.5 cm³/mol. The number of halogens is 1. The van der Waals surface area contributed by atoms with Gasteiger partial charge in [-0.15, -0.1) is 11.3 Å². The summed E-state index contributed by atoms with van der Waals surface area (Å²) in [6, 6.07) is 6.08. The van der Waals surface area contributed by atoms with Crippen LogP contribution >= 0.6 is 38.6 Å². The van der Waals surface area contributed by atoms with E-state index in [1.807, 2.05) is 17.5 Å². The van der Waals surface area contributed by atoms with E-state index < -0.39 is 0 Å². The summed E-state index contributed by atoms with van der Waals surface area (Å²) in [7, 11) is 0. The van der Waals surface area contributed by atoms with E-state index >= 15 is 0 Å². The van der Waals surface area contributed by atoms with Gasteiger partial charge in [-0.3, -0.25) is 4.79 Å². The van der Waals surface area contributed by atoms with E-state index in [9.17, 15) is 4.79 Å².